The van der Waals surface area contributed by atoms with Crippen molar-refractivity contribution in [1.82, 2.24) is 25.4 Å². The quantitative estimate of drug-likeness (QED) is 0.840. The lowest BCUT2D eigenvalue weighted by Gasteiger charge is -2.29. The zero-order chi connectivity index (χ0) is 14.1. The first-order valence-electron chi connectivity index (χ1n) is 6.87. The number of aromatic amines is 1. The molecule has 2 aromatic rings. The molecule has 1 atom stereocenters. The van der Waals surface area contributed by atoms with Crippen molar-refractivity contribution in [2.75, 3.05) is 18.0 Å². The minimum Gasteiger partial charge on any atom is -0.338 e. The summed E-state index contributed by atoms with van der Waals surface area (Å²) in [5.74, 6) is 1.44. The van der Waals surface area contributed by atoms with Crippen molar-refractivity contribution < 1.29 is 0 Å². The number of rotatable bonds is 2. The number of hydrogen-bond donors (Lipinski definition) is 2. The van der Waals surface area contributed by atoms with Gasteiger partial charge in [-0.2, -0.15) is 15.2 Å². The molecule has 1 fully saturated rings. The van der Waals surface area contributed by atoms with Gasteiger partial charge in [0.1, 0.15) is 0 Å². The molecule has 0 aromatic carbocycles. The number of aromatic nitrogens is 5. The van der Waals surface area contributed by atoms with E-state index in [1.165, 1.54) is 0 Å². The minimum atomic E-state index is 0.206. The summed E-state index contributed by atoms with van der Waals surface area (Å²) in [5.41, 5.74) is 8.65. The van der Waals surface area contributed by atoms with Crippen LogP contribution in [0.15, 0.2) is 6.07 Å². The van der Waals surface area contributed by atoms with E-state index >= 15 is 0 Å². The van der Waals surface area contributed by atoms with E-state index in [4.69, 9.17) is 5.73 Å². The first-order chi connectivity index (χ1) is 9.63. The van der Waals surface area contributed by atoms with Crippen LogP contribution in [-0.4, -0.2) is 44.5 Å². The zero-order valence-corrected chi connectivity index (χ0v) is 11.8. The number of hydrogen-bond acceptors (Lipinski definition) is 6. The molecule has 0 saturated carbocycles. The maximum atomic E-state index is 6.00. The Kier molecular flexibility index (Phi) is 3.35. The van der Waals surface area contributed by atoms with Crippen molar-refractivity contribution in [1.29, 1.82) is 0 Å². The van der Waals surface area contributed by atoms with Gasteiger partial charge in [-0.15, -0.1) is 5.10 Å². The smallest absolute Gasteiger partial charge is 0.245 e. The lowest BCUT2D eigenvalue weighted by Crippen LogP contribution is -2.43. The topological polar surface area (TPSA) is 96.6 Å². The average molecular weight is 273 g/mol. The molecule has 2 aromatic heterocycles. The summed E-state index contributed by atoms with van der Waals surface area (Å²) in [5, 5.41) is 15.4. The molecule has 0 bridgehead atoms. The summed E-state index contributed by atoms with van der Waals surface area (Å²) in [6.07, 6.45) is 2.15. The predicted octanol–water partition coefficient (Wildman–Crippen LogP) is 0.806. The number of nitrogens with two attached hydrogens (primary N) is 1. The van der Waals surface area contributed by atoms with Crippen LogP contribution in [-0.2, 0) is 0 Å². The molecule has 3 rings (SSSR count). The molecule has 1 unspecified atom stereocenters. The predicted molar refractivity (Wildman–Crippen MR) is 76.3 cm³/mol. The van der Waals surface area contributed by atoms with E-state index in [0.29, 0.717) is 5.95 Å². The summed E-state index contributed by atoms with van der Waals surface area (Å²) in [4.78, 5) is 6.71. The van der Waals surface area contributed by atoms with Gasteiger partial charge in [-0.05, 0) is 32.8 Å². The van der Waals surface area contributed by atoms with Crippen LogP contribution >= 0.6 is 0 Å². The van der Waals surface area contributed by atoms with Crippen LogP contribution < -0.4 is 10.6 Å². The van der Waals surface area contributed by atoms with Crippen LogP contribution in [0.1, 0.15) is 24.2 Å². The highest BCUT2D eigenvalue weighted by molar-refractivity contribution is 5.59. The number of piperidine rings is 1. The van der Waals surface area contributed by atoms with Crippen LogP contribution in [0.4, 0.5) is 5.95 Å². The number of aryl methyl sites for hydroxylation is 2. The van der Waals surface area contributed by atoms with Gasteiger partial charge in [0.15, 0.2) is 5.82 Å². The molecule has 3 heterocycles. The number of anilines is 1. The minimum absolute atomic E-state index is 0.206. The normalized spacial score (nSPS) is 19.4. The SMILES string of the molecule is Cc1cc(-c2nc(N3CCCC(N)C3)n[nH]2)c(C)nn1. The molecule has 0 amide bonds. The molecule has 0 radical (unpaired) electrons. The largest absolute Gasteiger partial charge is 0.338 e. The van der Waals surface area contributed by atoms with E-state index in [1.54, 1.807) is 0 Å². The maximum Gasteiger partial charge on any atom is 0.245 e. The van der Waals surface area contributed by atoms with Crippen molar-refractivity contribution in [2.24, 2.45) is 5.73 Å². The fourth-order valence-electron chi connectivity index (χ4n) is 2.50. The Morgan fingerprint density at radius 3 is 3.00 bits per heavy atom. The van der Waals surface area contributed by atoms with Gasteiger partial charge in [0, 0.05) is 24.7 Å². The molecule has 1 aliphatic rings. The summed E-state index contributed by atoms with van der Waals surface area (Å²) in [6.45, 7) is 5.60. The summed E-state index contributed by atoms with van der Waals surface area (Å²) >= 11 is 0. The van der Waals surface area contributed by atoms with Crippen LogP contribution in [0.2, 0.25) is 0 Å². The van der Waals surface area contributed by atoms with Gasteiger partial charge in [0.25, 0.3) is 0 Å². The highest BCUT2D eigenvalue weighted by Gasteiger charge is 2.20. The van der Waals surface area contributed by atoms with Gasteiger partial charge in [0.05, 0.1) is 11.4 Å². The highest BCUT2D eigenvalue weighted by atomic mass is 15.4. The van der Waals surface area contributed by atoms with Crippen molar-refractivity contribution in [3.63, 3.8) is 0 Å². The standard InChI is InChI=1S/C13H19N7/c1-8-6-11(9(2)17-16-8)12-15-13(19-18-12)20-5-3-4-10(14)7-20/h6,10H,3-5,7,14H2,1-2H3,(H,15,18,19). The van der Waals surface area contributed by atoms with Gasteiger partial charge in [-0.1, -0.05) is 0 Å². The molecule has 1 saturated heterocycles. The van der Waals surface area contributed by atoms with Crippen molar-refractivity contribution in [3.05, 3.63) is 17.5 Å². The van der Waals surface area contributed by atoms with E-state index in [0.717, 1.165) is 48.7 Å². The second-order valence-corrected chi connectivity index (χ2v) is 5.32. The third-order valence-corrected chi connectivity index (χ3v) is 3.57. The summed E-state index contributed by atoms with van der Waals surface area (Å²) in [7, 11) is 0. The third-order valence-electron chi connectivity index (χ3n) is 3.57. The fourth-order valence-corrected chi connectivity index (χ4v) is 2.50. The Bertz CT molecular complexity index is 607. The van der Waals surface area contributed by atoms with Gasteiger partial charge >= 0.3 is 0 Å². The van der Waals surface area contributed by atoms with E-state index < -0.39 is 0 Å². The lowest BCUT2D eigenvalue weighted by atomic mass is 10.1. The van der Waals surface area contributed by atoms with Gasteiger partial charge < -0.3 is 10.6 Å². The van der Waals surface area contributed by atoms with Gasteiger partial charge in [-0.25, -0.2) is 0 Å². The maximum absolute atomic E-state index is 6.00. The van der Waals surface area contributed by atoms with Crippen LogP contribution in [0, 0.1) is 13.8 Å². The molecule has 7 heteroatoms. The molecule has 0 spiro atoms. The Balaban J connectivity index is 1.88. The van der Waals surface area contributed by atoms with E-state index in [2.05, 4.69) is 30.3 Å². The molecular weight excluding hydrogens is 254 g/mol. The van der Waals surface area contributed by atoms with E-state index in [-0.39, 0.29) is 6.04 Å². The summed E-state index contributed by atoms with van der Waals surface area (Å²) < 4.78 is 0. The number of nitrogens with zero attached hydrogens (tertiary/aromatic N) is 5. The van der Waals surface area contributed by atoms with Crippen molar-refractivity contribution >= 4 is 5.95 Å². The van der Waals surface area contributed by atoms with Crippen LogP contribution in [0.25, 0.3) is 11.4 Å². The third kappa shape index (κ3) is 2.49. The van der Waals surface area contributed by atoms with Crippen molar-refractivity contribution in [2.45, 2.75) is 32.7 Å². The van der Waals surface area contributed by atoms with E-state index in [9.17, 15) is 0 Å². The molecule has 3 N–H and O–H groups in total. The van der Waals surface area contributed by atoms with Crippen LogP contribution in [0.3, 0.4) is 0 Å². The zero-order valence-electron chi connectivity index (χ0n) is 11.8. The fraction of sp³-hybridized carbons (Fsp3) is 0.538. The van der Waals surface area contributed by atoms with Gasteiger partial charge in [-0.3, -0.25) is 5.10 Å². The second-order valence-electron chi connectivity index (χ2n) is 5.32. The number of nitrogens with one attached hydrogen (secondary N) is 1. The average Bonchev–Trinajstić information content (AvgIpc) is 2.91. The van der Waals surface area contributed by atoms with Crippen LogP contribution in [0.5, 0.6) is 0 Å². The number of H-pyrrole nitrogens is 1. The first kappa shape index (κ1) is 13.0. The lowest BCUT2D eigenvalue weighted by molar-refractivity contribution is 0.500. The Morgan fingerprint density at radius 2 is 2.20 bits per heavy atom. The second kappa shape index (κ2) is 5.16. The molecule has 1 aliphatic heterocycles. The Morgan fingerprint density at radius 1 is 1.35 bits per heavy atom. The Labute approximate surface area is 117 Å². The van der Waals surface area contributed by atoms with E-state index in [1.807, 2.05) is 19.9 Å². The highest BCUT2D eigenvalue weighted by Crippen LogP contribution is 2.22. The molecule has 106 valence electrons. The Hall–Kier alpha value is -2.02. The first-order valence-corrected chi connectivity index (χ1v) is 6.87. The van der Waals surface area contributed by atoms with Crippen molar-refractivity contribution in [3.8, 4) is 11.4 Å². The molecule has 0 aliphatic carbocycles. The van der Waals surface area contributed by atoms with Gasteiger partial charge in [0.2, 0.25) is 5.95 Å². The molecule has 7 nitrogen and oxygen atoms in total. The molecule has 20 heavy (non-hydrogen) atoms. The summed E-state index contributed by atoms with van der Waals surface area (Å²) in [6, 6.07) is 2.17. The molecular formula is C13H19N7. The monoisotopic (exact) mass is 273 g/mol.